The lowest BCUT2D eigenvalue weighted by Crippen LogP contribution is -2.27. The molecule has 0 fully saturated rings. The first-order chi connectivity index (χ1) is 7.41. The van der Waals surface area contributed by atoms with Gasteiger partial charge in [0.2, 0.25) is 0 Å². The van der Waals surface area contributed by atoms with Crippen molar-refractivity contribution in [3.63, 3.8) is 0 Å². The first-order valence-electron chi connectivity index (χ1n) is 4.98. The number of aliphatic hydroxyl groups excluding tert-OH is 1. The van der Waals surface area contributed by atoms with Gasteiger partial charge >= 0.3 is 0 Å². The summed E-state index contributed by atoms with van der Waals surface area (Å²) in [4.78, 5) is 1.59. The molecule has 16 heavy (non-hydrogen) atoms. The minimum Gasteiger partial charge on any atom is -0.399 e. The Hall–Kier alpha value is -1.36. The molecule has 0 radical (unpaired) electrons. The van der Waals surface area contributed by atoms with E-state index in [2.05, 4.69) is 0 Å². The van der Waals surface area contributed by atoms with E-state index in [0.29, 0.717) is 17.9 Å². The van der Waals surface area contributed by atoms with E-state index in [1.165, 1.54) is 6.07 Å². The smallest absolute Gasteiger partial charge is 0.265 e. The van der Waals surface area contributed by atoms with Gasteiger partial charge in [0, 0.05) is 30.5 Å². The monoisotopic (exact) mass is 230 g/mol. The van der Waals surface area contributed by atoms with Crippen LogP contribution in [0, 0.1) is 0 Å². The number of alkyl halides is 2. The fourth-order valence-corrected chi connectivity index (χ4v) is 1.59. The quantitative estimate of drug-likeness (QED) is 0.778. The second-order valence-corrected chi connectivity index (χ2v) is 3.85. The van der Waals surface area contributed by atoms with E-state index in [0.717, 1.165) is 0 Å². The third kappa shape index (κ3) is 3.06. The van der Waals surface area contributed by atoms with E-state index >= 15 is 0 Å². The number of benzene rings is 1. The maximum absolute atomic E-state index is 12.8. The Morgan fingerprint density at radius 3 is 2.56 bits per heavy atom. The number of halogens is 2. The molecule has 1 rings (SSSR count). The van der Waals surface area contributed by atoms with Crippen LogP contribution in [-0.2, 0) is 0 Å². The summed E-state index contributed by atoms with van der Waals surface area (Å²) < 4.78 is 25.5. The van der Waals surface area contributed by atoms with Crippen LogP contribution < -0.4 is 10.6 Å². The maximum Gasteiger partial charge on any atom is 0.265 e. The SMILES string of the molecule is CC(O)CN(C)c1ccc(N)cc1C(F)F. The normalized spacial score (nSPS) is 12.9. The van der Waals surface area contributed by atoms with Crippen molar-refractivity contribution in [3.8, 4) is 0 Å². The van der Waals surface area contributed by atoms with Crippen LogP contribution in [0.4, 0.5) is 20.2 Å². The highest BCUT2D eigenvalue weighted by molar-refractivity contribution is 5.59. The van der Waals surface area contributed by atoms with Gasteiger partial charge in [-0.05, 0) is 25.1 Å². The zero-order valence-corrected chi connectivity index (χ0v) is 9.32. The molecule has 0 spiro atoms. The van der Waals surface area contributed by atoms with Crippen molar-refractivity contribution in [2.45, 2.75) is 19.5 Å². The number of hydrogen-bond acceptors (Lipinski definition) is 3. The molecule has 0 aromatic heterocycles. The lowest BCUT2D eigenvalue weighted by atomic mass is 10.1. The summed E-state index contributed by atoms with van der Waals surface area (Å²) in [6.45, 7) is 1.90. The van der Waals surface area contributed by atoms with Gasteiger partial charge in [0.1, 0.15) is 0 Å². The molecule has 1 atom stereocenters. The average molecular weight is 230 g/mol. The van der Waals surface area contributed by atoms with Gasteiger partial charge in [0.25, 0.3) is 6.43 Å². The van der Waals surface area contributed by atoms with E-state index in [9.17, 15) is 13.9 Å². The van der Waals surface area contributed by atoms with E-state index in [1.54, 1.807) is 31.0 Å². The largest absolute Gasteiger partial charge is 0.399 e. The Morgan fingerprint density at radius 1 is 1.44 bits per heavy atom. The van der Waals surface area contributed by atoms with Crippen molar-refractivity contribution in [3.05, 3.63) is 23.8 Å². The second kappa shape index (κ2) is 5.12. The molecule has 3 nitrogen and oxygen atoms in total. The Kier molecular flexibility index (Phi) is 4.06. The van der Waals surface area contributed by atoms with Crippen LogP contribution in [0.15, 0.2) is 18.2 Å². The van der Waals surface area contributed by atoms with Gasteiger partial charge in [-0.3, -0.25) is 0 Å². The number of hydrogen-bond donors (Lipinski definition) is 2. The number of likely N-dealkylation sites (N-methyl/N-ethyl adjacent to an activating group) is 1. The molecule has 0 saturated heterocycles. The number of anilines is 2. The zero-order chi connectivity index (χ0) is 12.3. The molecule has 0 bridgehead atoms. The lowest BCUT2D eigenvalue weighted by Gasteiger charge is -2.23. The Bertz CT molecular complexity index is 356. The van der Waals surface area contributed by atoms with Crippen molar-refractivity contribution in [1.29, 1.82) is 0 Å². The fourth-order valence-electron chi connectivity index (χ4n) is 1.59. The van der Waals surface area contributed by atoms with Gasteiger partial charge in [-0.2, -0.15) is 0 Å². The zero-order valence-electron chi connectivity index (χ0n) is 9.32. The van der Waals surface area contributed by atoms with Crippen LogP contribution in [0.5, 0.6) is 0 Å². The highest BCUT2D eigenvalue weighted by atomic mass is 19.3. The Balaban J connectivity index is 3.02. The molecule has 90 valence electrons. The summed E-state index contributed by atoms with van der Waals surface area (Å²) in [5.41, 5.74) is 6.06. The van der Waals surface area contributed by atoms with Crippen LogP contribution in [0.2, 0.25) is 0 Å². The molecule has 1 aromatic rings. The molecule has 0 amide bonds. The molecule has 0 saturated carbocycles. The summed E-state index contributed by atoms with van der Waals surface area (Å²) in [5.74, 6) is 0. The van der Waals surface area contributed by atoms with Crippen molar-refractivity contribution in [2.75, 3.05) is 24.2 Å². The van der Waals surface area contributed by atoms with Crippen LogP contribution in [-0.4, -0.2) is 24.8 Å². The lowest BCUT2D eigenvalue weighted by molar-refractivity contribution is 0.151. The van der Waals surface area contributed by atoms with Crippen LogP contribution in [0.3, 0.4) is 0 Å². The topological polar surface area (TPSA) is 49.5 Å². The minimum absolute atomic E-state index is 0.108. The van der Waals surface area contributed by atoms with E-state index in [-0.39, 0.29) is 5.56 Å². The second-order valence-electron chi connectivity index (χ2n) is 3.85. The van der Waals surface area contributed by atoms with Gasteiger partial charge in [-0.15, -0.1) is 0 Å². The Labute approximate surface area is 93.5 Å². The Morgan fingerprint density at radius 2 is 2.06 bits per heavy atom. The first-order valence-corrected chi connectivity index (χ1v) is 4.98. The molecular weight excluding hydrogens is 214 g/mol. The van der Waals surface area contributed by atoms with Gasteiger partial charge < -0.3 is 15.7 Å². The molecule has 0 heterocycles. The standard InChI is InChI=1S/C11H16F2N2O/c1-7(16)6-15(2)10-4-3-8(14)5-9(10)11(12)13/h3-5,7,11,16H,6,14H2,1-2H3. The minimum atomic E-state index is -2.57. The van der Waals surface area contributed by atoms with Crippen LogP contribution in [0.25, 0.3) is 0 Å². The third-order valence-electron chi connectivity index (χ3n) is 2.24. The van der Waals surface area contributed by atoms with E-state index in [1.807, 2.05) is 0 Å². The third-order valence-corrected chi connectivity index (χ3v) is 2.24. The average Bonchev–Trinajstić information content (AvgIpc) is 2.16. The van der Waals surface area contributed by atoms with Crippen molar-refractivity contribution >= 4 is 11.4 Å². The van der Waals surface area contributed by atoms with E-state index < -0.39 is 12.5 Å². The highest BCUT2D eigenvalue weighted by Gasteiger charge is 2.16. The van der Waals surface area contributed by atoms with Crippen molar-refractivity contribution in [1.82, 2.24) is 0 Å². The highest BCUT2D eigenvalue weighted by Crippen LogP contribution is 2.31. The molecule has 0 aliphatic rings. The number of nitrogens with two attached hydrogens (primary N) is 1. The molecule has 1 aromatic carbocycles. The molecule has 3 N–H and O–H groups in total. The number of rotatable bonds is 4. The fraction of sp³-hybridized carbons (Fsp3) is 0.455. The predicted molar refractivity (Wildman–Crippen MR) is 60.8 cm³/mol. The predicted octanol–water partition coefficient (Wildman–Crippen LogP) is 2.02. The van der Waals surface area contributed by atoms with Gasteiger partial charge in [0.15, 0.2) is 0 Å². The van der Waals surface area contributed by atoms with Gasteiger partial charge in [-0.25, -0.2) is 8.78 Å². The summed E-state index contributed by atoms with van der Waals surface area (Å²) in [5, 5.41) is 9.21. The van der Waals surface area contributed by atoms with Gasteiger partial charge in [-0.1, -0.05) is 0 Å². The maximum atomic E-state index is 12.8. The first kappa shape index (κ1) is 12.7. The molecule has 1 unspecified atom stereocenters. The van der Waals surface area contributed by atoms with Crippen LogP contribution >= 0.6 is 0 Å². The molecular formula is C11H16F2N2O. The van der Waals surface area contributed by atoms with Crippen LogP contribution in [0.1, 0.15) is 18.9 Å². The van der Waals surface area contributed by atoms with Crippen molar-refractivity contribution < 1.29 is 13.9 Å². The molecule has 0 aliphatic carbocycles. The summed E-state index contributed by atoms with van der Waals surface area (Å²) in [6.07, 6.45) is -3.15. The number of aliphatic hydroxyl groups is 1. The molecule has 0 aliphatic heterocycles. The summed E-state index contributed by atoms with van der Waals surface area (Å²) in [7, 11) is 1.66. The van der Waals surface area contributed by atoms with Crippen molar-refractivity contribution in [2.24, 2.45) is 0 Å². The number of nitrogens with zero attached hydrogens (tertiary/aromatic N) is 1. The number of nitrogen functional groups attached to an aromatic ring is 1. The summed E-state index contributed by atoms with van der Waals surface area (Å²) in [6, 6.07) is 4.37. The summed E-state index contributed by atoms with van der Waals surface area (Å²) >= 11 is 0. The van der Waals surface area contributed by atoms with Gasteiger partial charge in [0.05, 0.1) is 6.10 Å². The molecule has 5 heteroatoms. The van der Waals surface area contributed by atoms with E-state index in [4.69, 9.17) is 5.73 Å².